The van der Waals surface area contributed by atoms with Crippen LogP contribution in [0.4, 0.5) is 5.69 Å². The molecule has 5 heteroatoms. The van der Waals surface area contributed by atoms with Gasteiger partial charge in [0.25, 0.3) is 5.69 Å². The van der Waals surface area contributed by atoms with Crippen LogP contribution in [0.5, 0.6) is 0 Å². The minimum absolute atomic E-state index is 0. The van der Waals surface area contributed by atoms with E-state index in [1.54, 1.807) is 12.1 Å². The van der Waals surface area contributed by atoms with Gasteiger partial charge in [0, 0.05) is 6.07 Å². The minimum Gasteiger partial charge on any atom is -0.320 e. The third kappa shape index (κ3) is 1.50. The van der Waals surface area contributed by atoms with Crippen LogP contribution < -0.4 is 5.73 Å². The summed E-state index contributed by atoms with van der Waals surface area (Å²) in [5.41, 5.74) is 7.33. The summed E-state index contributed by atoms with van der Waals surface area (Å²) in [5, 5.41) is 10.3. The maximum Gasteiger partial charge on any atom is 0.274 e. The highest BCUT2D eigenvalue weighted by Crippen LogP contribution is 2.37. The molecule has 0 spiro atoms. The Morgan fingerprint density at radius 2 is 2.08 bits per heavy atom. The second-order valence-electron chi connectivity index (χ2n) is 2.55. The van der Waals surface area contributed by atoms with E-state index in [0.29, 0.717) is 5.56 Å². The summed E-state index contributed by atoms with van der Waals surface area (Å²) in [6, 6.07) is 4.72. The number of nitro benzene ring substituents is 1. The third-order valence-corrected chi connectivity index (χ3v) is 1.94. The van der Waals surface area contributed by atoms with Gasteiger partial charge in [-0.3, -0.25) is 10.1 Å². The maximum absolute atomic E-state index is 10.3. The molecule has 0 heterocycles. The van der Waals surface area contributed by atoms with Gasteiger partial charge in [-0.2, -0.15) is 0 Å². The Hall–Kier alpha value is -1.13. The van der Waals surface area contributed by atoms with E-state index in [9.17, 15) is 10.1 Å². The summed E-state index contributed by atoms with van der Waals surface area (Å²) in [6.45, 7) is 0. The Labute approximate surface area is 82.3 Å². The molecule has 2 aliphatic carbocycles. The van der Waals surface area contributed by atoms with Gasteiger partial charge >= 0.3 is 0 Å². The third-order valence-electron chi connectivity index (χ3n) is 1.94. The average Bonchev–Trinajstić information content (AvgIpc) is 2.03. The van der Waals surface area contributed by atoms with Gasteiger partial charge in [0.15, 0.2) is 0 Å². The highest BCUT2D eigenvalue weighted by Gasteiger charge is 2.28. The average molecular weight is 203 g/mol. The number of benzene rings is 1. The van der Waals surface area contributed by atoms with Gasteiger partial charge in [-0.15, -0.1) is 12.4 Å². The van der Waals surface area contributed by atoms with Crippen molar-refractivity contribution in [1.82, 2.24) is 0 Å². The van der Waals surface area contributed by atoms with Gasteiger partial charge in [0.2, 0.25) is 0 Å². The lowest BCUT2D eigenvalue weighted by molar-refractivity contribution is -0.386. The van der Waals surface area contributed by atoms with Gasteiger partial charge in [0.05, 0.1) is 16.5 Å². The van der Waals surface area contributed by atoms with Crippen LogP contribution in [-0.4, -0.2) is 4.92 Å². The standard InChI is InChI=1S/C7H6N2O2.CH4.ClH/c8-7-4-1-2-6(9(10)11)5(7)3-4;;/h1-3,7H,8H2;1H4;1H. The fourth-order valence-electron chi connectivity index (χ4n) is 1.27. The number of nitrogens with two attached hydrogens (primary N) is 1. The van der Waals surface area contributed by atoms with Crippen LogP contribution in [0.2, 0.25) is 0 Å². The smallest absolute Gasteiger partial charge is 0.274 e. The van der Waals surface area contributed by atoms with E-state index in [1.165, 1.54) is 6.07 Å². The fraction of sp³-hybridized carbons (Fsp3) is 0.250. The first-order valence-corrected chi connectivity index (χ1v) is 3.24. The molecular formula is C8H11ClN2O2. The zero-order valence-corrected chi connectivity index (χ0v) is 6.88. The molecule has 13 heavy (non-hydrogen) atoms. The summed E-state index contributed by atoms with van der Waals surface area (Å²) < 4.78 is 0. The zero-order valence-electron chi connectivity index (χ0n) is 6.06. The summed E-state index contributed by atoms with van der Waals surface area (Å²) in [6.07, 6.45) is 0. The van der Waals surface area contributed by atoms with E-state index in [2.05, 4.69) is 0 Å². The van der Waals surface area contributed by atoms with E-state index < -0.39 is 4.92 Å². The van der Waals surface area contributed by atoms with Gasteiger partial charge < -0.3 is 5.73 Å². The molecule has 1 aromatic rings. The highest BCUT2D eigenvalue weighted by molar-refractivity contribution is 5.85. The van der Waals surface area contributed by atoms with E-state index in [-0.39, 0.29) is 31.6 Å². The Kier molecular flexibility index (Phi) is 3.40. The molecule has 0 aromatic heterocycles. The number of nitro groups is 1. The van der Waals surface area contributed by atoms with E-state index >= 15 is 0 Å². The Balaban J connectivity index is 0.000000720. The van der Waals surface area contributed by atoms with Crippen molar-refractivity contribution >= 4 is 18.1 Å². The van der Waals surface area contributed by atoms with E-state index in [0.717, 1.165) is 5.56 Å². The van der Waals surface area contributed by atoms with Crippen molar-refractivity contribution in [3.05, 3.63) is 39.4 Å². The van der Waals surface area contributed by atoms with Gasteiger partial charge in [-0.1, -0.05) is 13.5 Å². The number of hydrogen-bond donors (Lipinski definition) is 1. The minimum atomic E-state index is -0.405. The van der Waals surface area contributed by atoms with Crippen LogP contribution in [0.15, 0.2) is 18.2 Å². The number of hydrogen-bond acceptors (Lipinski definition) is 3. The summed E-state index contributed by atoms with van der Waals surface area (Å²) in [7, 11) is 0. The van der Waals surface area contributed by atoms with Crippen molar-refractivity contribution in [3.63, 3.8) is 0 Å². The summed E-state index contributed by atoms with van der Waals surface area (Å²) >= 11 is 0. The van der Waals surface area contributed by atoms with Gasteiger partial charge in [-0.05, 0) is 11.6 Å². The fourth-order valence-corrected chi connectivity index (χ4v) is 1.27. The van der Waals surface area contributed by atoms with Crippen molar-refractivity contribution in [2.45, 2.75) is 13.5 Å². The van der Waals surface area contributed by atoms with Crippen molar-refractivity contribution in [3.8, 4) is 0 Å². The second kappa shape index (κ2) is 3.72. The maximum atomic E-state index is 10.3. The molecule has 0 saturated carbocycles. The van der Waals surface area contributed by atoms with Crippen molar-refractivity contribution in [2.75, 3.05) is 0 Å². The lowest BCUT2D eigenvalue weighted by Crippen LogP contribution is -2.21. The molecular weight excluding hydrogens is 192 g/mol. The summed E-state index contributed by atoms with van der Waals surface area (Å²) in [5.74, 6) is 0. The van der Waals surface area contributed by atoms with Crippen LogP contribution in [0.1, 0.15) is 24.6 Å². The Bertz CT molecular complexity index is 337. The van der Waals surface area contributed by atoms with Crippen molar-refractivity contribution < 1.29 is 4.92 Å². The highest BCUT2D eigenvalue weighted by atomic mass is 35.5. The predicted molar refractivity (Wildman–Crippen MR) is 53.1 cm³/mol. The molecule has 1 aromatic carbocycles. The monoisotopic (exact) mass is 202 g/mol. The molecule has 1 unspecified atom stereocenters. The van der Waals surface area contributed by atoms with Gasteiger partial charge in [-0.25, -0.2) is 0 Å². The number of fused-ring (bicyclic) bond motifs is 2. The number of halogens is 1. The quantitative estimate of drug-likeness (QED) is 0.560. The first kappa shape index (κ1) is 11.9. The zero-order chi connectivity index (χ0) is 8.01. The van der Waals surface area contributed by atoms with Crippen LogP contribution in [-0.2, 0) is 0 Å². The molecule has 0 amide bonds. The SMILES string of the molecule is C.Cl.NC1c2ccc([N+](=O)[O-])c1c2. The van der Waals surface area contributed by atoms with Crippen molar-refractivity contribution in [1.29, 1.82) is 0 Å². The molecule has 2 bridgehead atoms. The lowest BCUT2D eigenvalue weighted by atomic mass is 9.86. The molecule has 0 fully saturated rings. The molecule has 0 saturated heterocycles. The largest absolute Gasteiger partial charge is 0.320 e. The molecule has 1 atom stereocenters. The molecule has 2 aliphatic rings. The predicted octanol–water partition coefficient (Wildman–Crippen LogP) is 2.01. The lowest BCUT2D eigenvalue weighted by Gasteiger charge is -2.22. The normalized spacial score (nSPS) is 16.2. The summed E-state index contributed by atoms with van der Waals surface area (Å²) in [4.78, 5) is 9.94. The molecule has 4 nitrogen and oxygen atoms in total. The molecule has 3 rings (SSSR count). The van der Waals surface area contributed by atoms with E-state index in [4.69, 9.17) is 5.73 Å². The number of nitrogens with zero attached hydrogens (tertiary/aromatic N) is 1. The molecule has 0 aliphatic heterocycles. The second-order valence-corrected chi connectivity index (χ2v) is 2.55. The van der Waals surface area contributed by atoms with Crippen molar-refractivity contribution in [2.24, 2.45) is 5.73 Å². The number of rotatable bonds is 1. The first-order chi connectivity index (χ1) is 5.20. The molecule has 2 N–H and O–H groups in total. The Morgan fingerprint density at radius 1 is 1.46 bits per heavy atom. The molecule has 0 radical (unpaired) electrons. The van der Waals surface area contributed by atoms with Crippen LogP contribution in [0.25, 0.3) is 0 Å². The first-order valence-electron chi connectivity index (χ1n) is 3.24. The van der Waals surface area contributed by atoms with Gasteiger partial charge in [0.1, 0.15) is 0 Å². The van der Waals surface area contributed by atoms with Crippen LogP contribution >= 0.6 is 12.4 Å². The Morgan fingerprint density at radius 3 is 2.38 bits per heavy atom. The molecule has 72 valence electrons. The van der Waals surface area contributed by atoms with E-state index in [1.807, 2.05) is 0 Å². The van der Waals surface area contributed by atoms with Crippen LogP contribution in [0.3, 0.4) is 0 Å². The topological polar surface area (TPSA) is 69.2 Å². The van der Waals surface area contributed by atoms with Crippen LogP contribution in [0, 0.1) is 10.1 Å².